The standard InChI is InChI=1S/C18H20FNOS.C2HF3O2/c1-21-14-5-7-15(8-6-14)22-17-4-2-3-16(19)18(17)13-9-11-20-12-10-13;3-2(4,5)1(6)7/h2-8,13,20H,9-12H2,1H3;(H,6,7). The summed E-state index contributed by atoms with van der Waals surface area (Å²) in [5, 5.41) is 10.5. The number of benzene rings is 2. The fourth-order valence-corrected chi connectivity index (χ4v) is 3.93. The SMILES string of the molecule is COc1ccc(Sc2cccc(F)c2C2CCNCC2)cc1.O=C(O)C(F)(F)F. The van der Waals surface area contributed by atoms with Crippen LogP contribution in [0.1, 0.15) is 24.3 Å². The van der Waals surface area contributed by atoms with Gasteiger partial charge in [-0.05, 0) is 68.2 Å². The number of ether oxygens (including phenoxy) is 1. The third kappa shape index (κ3) is 6.93. The van der Waals surface area contributed by atoms with Crippen molar-refractivity contribution in [1.29, 1.82) is 0 Å². The first-order valence-electron chi connectivity index (χ1n) is 8.83. The van der Waals surface area contributed by atoms with Crippen molar-refractivity contribution in [2.24, 2.45) is 0 Å². The molecule has 2 N–H and O–H groups in total. The van der Waals surface area contributed by atoms with E-state index in [2.05, 4.69) is 5.32 Å². The van der Waals surface area contributed by atoms with E-state index in [9.17, 15) is 17.6 Å². The zero-order valence-electron chi connectivity index (χ0n) is 15.6. The summed E-state index contributed by atoms with van der Waals surface area (Å²) in [7, 11) is 1.66. The van der Waals surface area contributed by atoms with Gasteiger partial charge < -0.3 is 15.2 Å². The minimum atomic E-state index is -5.08. The minimum absolute atomic E-state index is 0.0783. The number of carbonyl (C=O) groups is 1. The molecular formula is C20H21F4NO3S. The zero-order valence-corrected chi connectivity index (χ0v) is 16.4. The third-order valence-corrected chi connectivity index (χ3v) is 5.37. The summed E-state index contributed by atoms with van der Waals surface area (Å²) in [6, 6.07) is 13.3. The minimum Gasteiger partial charge on any atom is -0.497 e. The van der Waals surface area contributed by atoms with E-state index < -0.39 is 12.1 Å². The molecule has 0 spiro atoms. The van der Waals surface area contributed by atoms with Crippen molar-refractivity contribution in [3.63, 3.8) is 0 Å². The Hall–Kier alpha value is -2.26. The number of rotatable bonds is 4. The second-order valence-electron chi connectivity index (χ2n) is 6.26. The van der Waals surface area contributed by atoms with Crippen molar-refractivity contribution in [2.75, 3.05) is 20.2 Å². The van der Waals surface area contributed by atoms with E-state index in [0.29, 0.717) is 5.92 Å². The van der Waals surface area contributed by atoms with Crippen molar-refractivity contribution in [3.05, 3.63) is 53.8 Å². The van der Waals surface area contributed by atoms with Gasteiger partial charge in [0.25, 0.3) is 0 Å². The van der Waals surface area contributed by atoms with Gasteiger partial charge >= 0.3 is 12.1 Å². The second kappa shape index (κ2) is 10.5. The highest BCUT2D eigenvalue weighted by Gasteiger charge is 2.38. The summed E-state index contributed by atoms with van der Waals surface area (Å²) < 4.78 is 51.3. The lowest BCUT2D eigenvalue weighted by Gasteiger charge is -2.25. The van der Waals surface area contributed by atoms with Crippen LogP contribution in [0.5, 0.6) is 5.75 Å². The van der Waals surface area contributed by atoms with Crippen LogP contribution in [0.25, 0.3) is 0 Å². The average Bonchev–Trinajstić information content (AvgIpc) is 2.69. The van der Waals surface area contributed by atoms with E-state index in [-0.39, 0.29) is 5.82 Å². The highest BCUT2D eigenvalue weighted by Crippen LogP contribution is 2.38. The van der Waals surface area contributed by atoms with E-state index in [1.807, 2.05) is 30.3 Å². The number of methoxy groups -OCH3 is 1. The molecule has 29 heavy (non-hydrogen) atoms. The number of hydrogen-bond acceptors (Lipinski definition) is 4. The molecule has 1 heterocycles. The molecule has 1 aliphatic rings. The summed E-state index contributed by atoms with van der Waals surface area (Å²) in [5.74, 6) is -1.69. The summed E-state index contributed by atoms with van der Waals surface area (Å²) in [4.78, 5) is 11.0. The number of piperidine rings is 1. The molecule has 0 radical (unpaired) electrons. The van der Waals surface area contributed by atoms with E-state index in [4.69, 9.17) is 14.6 Å². The molecule has 0 unspecified atom stereocenters. The van der Waals surface area contributed by atoms with Crippen molar-refractivity contribution < 1.29 is 32.2 Å². The van der Waals surface area contributed by atoms with Crippen molar-refractivity contribution in [2.45, 2.75) is 34.7 Å². The van der Waals surface area contributed by atoms with Crippen LogP contribution in [0.3, 0.4) is 0 Å². The molecule has 158 valence electrons. The predicted molar refractivity (Wildman–Crippen MR) is 102 cm³/mol. The number of hydrogen-bond donors (Lipinski definition) is 2. The Morgan fingerprint density at radius 1 is 1.14 bits per heavy atom. The Bertz CT molecular complexity index is 806. The fraction of sp³-hybridized carbons (Fsp3) is 0.350. The highest BCUT2D eigenvalue weighted by molar-refractivity contribution is 7.99. The van der Waals surface area contributed by atoms with E-state index in [1.54, 1.807) is 31.0 Å². The summed E-state index contributed by atoms with van der Waals surface area (Å²) >= 11 is 1.63. The van der Waals surface area contributed by atoms with Crippen LogP contribution in [-0.4, -0.2) is 37.5 Å². The van der Waals surface area contributed by atoms with Crippen LogP contribution >= 0.6 is 11.8 Å². The van der Waals surface area contributed by atoms with Gasteiger partial charge in [0.2, 0.25) is 0 Å². The van der Waals surface area contributed by atoms with Crippen LogP contribution in [-0.2, 0) is 4.79 Å². The molecule has 4 nitrogen and oxygen atoms in total. The lowest BCUT2D eigenvalue weighted by atomic mass is 9.90. The summed E-state index contributed by atoms with van der Waals surface area (Å²) in [6.45, 7) is 1.93. The van der Waals surface area contributed by atoms with Gasteiger partial charge in [-0.2, -0.15) is 13.2 Å². The molecule has 2 aromatic rings. The molecule has 0 atom stereocenters. The Kier molecular flexibility index (Phi) is 8.33. The van der Waals surface area contributed by atoms with Gasteiger partial charge in [0.15, 0.2) is 0 Å². The van der Waals surface area contributed by atoms with E-state index >= 15 is 0 Å². The molecular weight excluding hydrogens is 410 g/mol. The van der Waals surface area contributed by atoms with Crippen LogP contribution in [0.2, 0.25) is 0 Å². The normalized spacial score (nSPS) is 14.7. The lowest BCUT2D eigenvalue weighted by Crippen LogP contribution is -2.27. The molecule has 1 aliphatic heterocycles. The highest BCUT2D eigenvalue weighted by atomic mass is 32.2. The molecule has 2 aromatic carbocycles. The van der Waals surface area contributed by atoms with Gasteiger partial charge in [0.1, 0.15) is 11.6 Å². The van der Waals surface area contributed by atoms with Crippen LogP contribution in [0.4, 0.5) is 17.6 Å². The maximum absolute atomic E-state index is 14.4. The molecule has 0 aromatic heterocycles. The number of carboxylic acids is 1. The second-order valence-corrected chi connectivity index (χ2v) is 7.37. The lowest BCUT2D eigenvalue weighted by molar-refractivity contribution is -0.192. The van der Waals surface area contributed by atoms with Crippen molar-refractivity contribution in [3.8, 4) is 5.75 Å². The first-order valence-corrected chi connectivity index (χ1v) is 9.65. The summed E-state index contributed by atoms with van der Waals surface area (Å²) in [6.07, 6.45) is -3.09. The van der Waals surface area contributed by atoms with E-state index in [0.717, 1.165) is 47.0 Å². The molecule has 3 rings (SSSR count). The molecule has 0 amide bonds. The Morgan fingerprint density at radius 2 is 1.72 bits per heavy atom. The largest absolute Gasteiger partial charge is 0.497 e. The van der Waals surface area contributed by atoms with Gasteiger partial charge in [-0.3, -0.25) is 0 Å². The topological polar surface area (TPSA) is 58.6 Å². The van der Waals surface area contributed by atoms with Crippen LogP contribution in [0, 0.1) is 5.82 Å². The molecule has 0 bridgehead atoms. The van der Waals surface area contributed by atoms with Crippen LogP contribution in [0.15, 0.2) is 52.3 Å². The Balaban J connectivity index is 0.000000370. The number of nitrogens with one attached hydrogen (secondary N) is 1. The monoisotopic (exact) mass is 431 g/mol. The van der Waals surface area contributed by atoms with Crippen LogP contribution < -0.4 is 10.1 Å². The molecule has 1 saturated heterocycles. The third-order valence-electron chi connectivity index (χ3n) is 4.29. The number of carboxylic acid groups (broad SMARTS) is 1. The summed E-state index contributed by atoms with van der Waals surface area (Å²) in [5.41, 5.74) is 0.879. The fourth-order valence-electron chi connectivity index (χ4n) is 2.88. The molecule has 0 aliphatic carbocycles. The average molecular weight is 431 g/mol. The van der Waals surface area contributed by atoms with Gasteiger partial charge in [-0.25, -0.2) is 9.18 Å². The number of aliphatic carboxylic acids is 1. The van der Waals surface area contributed by atoms with Gasteiger partial charge in [-0.1, -0.05) is 17.8 Å². The van der Waals surface area contributed by atoms with Gasteiger partial charge in [0, 0.05) is 15.4 Å². The van der Waals surface area contributed by atoms with Crippen molar-refractivity contribution >= 4 is 17.7 Å². The number of halogens is 4. The Labute approximate surface area is 170 Å². The quantitative estimate of drug-likeness (QED) is 0.661. The first kappa shape index (κ1) is 23.0. The maximum Gasteiger partial charge on any atom is 0.490 e. The van der Waals surface area contributed by atoms with Gasteiger partial charge in [-0.15, -0.1) is 0 Å². The zero-order chi connectivity index (χ0) is 21.4. The predicted octanol–water partition coefficient (Wildman–Crippen LogP) is 5.09. The van der Waals surface area contributed by atoms with E-state index in [1.165, 1.54) is 0 Å². The molecule has 1 fully saturated rings. The molecule has 0 saturated carbocycles. The van der Waals surface area contributed by atoms with Crippen molar-refractivity contribution in [1.82, 2.24) is 5.32 Å². The van der Waals surface area contributed by atoms with Gasteiger partial charge in [0.05, 0.1) is 7.11 Å². The smallest absolute Gasteiger partial charge is 0.490 e. The maximum atomic E-state index is 14.4. The Morgan fingerprint density at radius 3 is 2.24 bits per heavy atom. The first-order chi connectivity index (χ1) is 13.7. The number of alkyl halides is 3. The molecule has 9 heteroatoms.